The predicted molar refractivity (Wildman–Crippen MR) is 99.2 cm³/mol. The van der Waals surface area contributed by atoms with Gasteiger partial charge in [-0.2, -0.15) is 0 Å². The van der Waals surface area contributed by atoms with E-state index < -0.39 is 0 Å². The summed E-state index contributed by atoms with van der Waals surface area (Å²) in [5.74, 6) is 1.45. The van der Waals surface area contributed by atoms with Gasteiger partial charge in [0.1, 0.15) is 0 Å². The smallest absolute Gasteiger partial charge is 0.252 e. The van der Waals surface area contributed by atoms with Crippen LogP contribution in [0, 0.1) is 5.92 Å². The Kier molecular flexibility index (Phi) is 10.2. The van der Waals surface area contributed by atoms with Crippen LogP contribution in [0.5, 0.6) is 0 Å². The molecule has 0 saturated heterocycles. The van der Waals surface area contributed by atoms with E-state index in [1.165, 1.54) is 12.8 Å². The number of unbranched alkanes of at least 4 members (excludes halogenated alkanes) is 1. The molecule has 0 unspecified atom stereocenters. The second kappa shape index (κ2) is 12.3. The van der Waals surface area contributed by atoms with Gasteiger partial charge in [-0.05, 0) is 31.4 Å². The molecule has 0 aromatic carbocycles. The van der Waals surface area contributed by atoms with Gasteiger partial charge in [-0.3, -0.25) is 14.8 Å². The Balaban J connectivity index is 2.24. The molecule has 0 aliphatic carbocycles. The largest absolute Gasteiger partial charge is 0.357 e. The highest BCUT2D eigenvalue weighted by Gasteiger charge is 2.04. The molecule has 1 aromatic heterocycles. The molecule has 0 atom stereocenters. The average molecular weight is 333 g/mol. The second-order valence-corrected chi connectivity index (χ2v) is 6.07. The van der Waals surface area contributed by atoms with Crippen LogP contribution in [0.4, 0.5) is 0 Å². The van der Waals surface area contributed by atoms with Crippen LogP contribution in [-0.2, 0) is 0 Å². The van der Waals surface area contributed by atoms with Gasteiger partial charge in [-0.25, -0.2) is 0 Å². The molecule has 0 aliphatic heterocycles. The Morgan fingerprint density at radius 1 is 1.21 bits per heavy atom. The minimum absolute atomic E-state index is 0.111. The summed E-state index contributed by atoms with van der Waals surface area (Å²) in [4.78, 5) is 20.4. The van der Waals surface area contributed by atoms with Gasteiger partial charge in [-0.15, -0.1) is 0 Å². The minimum atomic E-state index is -0.111. The first-order valence-corrected chi connectivity index (χ1v) is 8.84. The highest BCUT2D eigenvalue weighted by atomic mass is 16.1. The zero-order chi connectivity index (χ0) is 17.6. The quantitative estimate of drug-likeness (QED) is 0.348. The van der Waals surface area contributed by atoms with Gasteiger partial charge in [0.05, 0.1) is 5.56 Å². The molecular formula is C18H31N5O. The number of rotatable bonds is 10. The van der Waals surface area contributed by atoms with Crippen molar-refractivity contribution in [3.05, 3.63) is 30.1 Å². The summed E-state index contributed by atoms with van der Waals surface area (Å²) >= 11 is 0. The van der Waals surface area contributed by atoms with Gasteiger partial charge in [0.2, 0.25) is 0 Å². The van der Waals surface area contributed by atoms with E-state index in [0.29, 0.717) is 18.7 Å². The van der Waals surface area contributed by atoms with Crippen LogP contribution in [0.15, 0.2) is 29.5 Å². The molecular weight excluding hydrogens is 302 g/mol. The maximum Gasteiger partial charge on any atom is 0.252 e. The van der Waals surface area contributed by atoms with E-state index >= 15 is 0 Å². The molecule has 3 N–H and O–H groups in total. The van der Waals surface area contributed by atoms with Crippen LogP contribution in [-0.4, -0.2) is 43.0 Å². The molecule has 1 rings (SSSR count). The number of carbonyl (C=O) groups excluding carboxylic acids is 1. The Morgan fingerprint density at radius 2 is 2.00 bits per heavy atom. The van der Waals surface area contributed by atoms with Gasteiger partial charge in [-0.1, -0.05) is 26.7 Å². The van der Waals surface area contributed by atoms with Crippen molar-refractivity contribution in [2.75, 3.05) is 26.2 Å². The first-order valence-electron chi connectivity index (χ1n) is 8.84. The molecule has 1 heterocycles. The second-order valence-electron chi connectivity index (χ2n) is 6.07. The first kappa shape index (κ1) is 19.9. The minimum Gasteiger partial charge on any atom is -0.357 e. The van der Waals surface area contributed by atoms with Crippen molar-refractivity contribution in [1.29, 1.82) is 0 Å². The number of amides is 1. The van der Waals surface area contributed by atoms with Crippen molar-refractivity contribution in [2.45, 2.75) is 40.0 Å². The van der Waals surface area contributed by atoms with Crippen molar-refractivity contribution in [2.24, 2.45) is 10.9 Å². The first-order chi connectivity index (χ1) is 11.6. The van der Waals surface area contributed by atoms with Crippen molar-refractivity contribution < 1.29 is 4.79 Å². The van der Waals surface area contributed by atoms with Crippen molar-refractivity contribution >= 4 is 11.9 Å². The molecule has 0 radical (unpaired) electrons. The Morgan fingerprint density at radius 3 is 2.67 bits per heavy atom. The van der Waals surface area contributed by atoms with Crippen LogP contribution in [0.3, 0.4) is 0 Å². The lowest BCUT2D eigenvalue weighted by Crippen LogP contribution is -2.41. The standard InChI is InChI=1S/C18H31N5O/c1-4-20-18(22-11-6-5-8-15(2)3)23-13-12-21-17(24)16-9-7-10-19-14-16/h7,9-10,14-15H,4-6,8,11-13H2,1-3H3,(H,21,24)(H2,20,22,23). The van der Waals surface area contributed by atoms with E-state index in [-0.39, 0.29) is 5.91 Å². The fraction of sp³-hybridized carbons (Fsp3) is 0.611. The average Bonchev–Trinajstić information content (AvgIpc) is 2.58. The van der Waals surface area contributed by atoms with Crippen LogP contribution in [0.1, 0.15) is 50.4 Å². The van der Waals surface area contributed by atoms with Gasteiger partial charge in [0.25, 0.3) is 5.91 Å². The summed E-state index contributed by atoms with van der Waals surface area (Å²) in [6, 6.07) is 3.50. The van der Waals surface area contributed by atoms with Crippen LogP contribution in [0.2, 0.25) is 0 Å². The molecule has 1 aromatic rings. The van der Waals surface area contributed by atoms with E-state index in [0.717, 1.165) is 31.4 Å². The Labute approximate surface area is 145 Å². The fourth-order valence-electron chi connectivity index (χ4n) is 2.15. The third kappa shape index (κ3) is 9.12. The van der Waals surface area contributed by atoms with Crippen molar-refractivity contribution in [1.82, 2.24) is 20.9 Å². The number of carbonyl (C=O) groups is 1. The summed E-state index contributed by atoms with van der Waals surface area (Å²) in [6.45, 7) is 9.34. The molecule has 0 saturated carbocycles. The van der Waals surface area contributed by atoms with Crippen molar-refractivity contribution in [3.8, 4) is 0 Å². The van der Waals surface area contributed by atoms with Gasteiger partial charge in [0, 0.05) is 38.6 Å². The highest BCUT2D eigenvalue weighted by molar-refractivity contribution is 5.93. The summed E-state index contributed by atoms with van der Waals surface area (Å²) in [5.41, 5.74) is 0.572. The maximum atomic E-state index is 11.9. The van der Waals surface area contributed by atoms with Gasteiger partial charge >= 0.3 is 0 Å². The SMILES string of the molecule is CCNC(=NCCCCC(C)C)NCCNC(=O)c1cccnc1. The molecule has 0 spiro atoms. The number of pyridine rings is 1. The highest BCUT2D eigenvalue weighted by Crippen LogP contribution is 2.05. The molecule has 24 heavy (non-hydrogen) atoms. The van der Waals surface area contributed by atoms with E-state index in [1.807, 2.05) is 6.92 Å². The van der Waals surface area contributed by atoms with E-state index in [9.17, 15) is 4.79 Å². The molecule has 0 bridgehead atoms. The maximum absolute atomic E-state index is 11.9. The summed E-state index contributed by atoms with van der Waals surface area (Å²) in [6.07, 6.45) is 6.78. The topological polar surface area (TPSA) is 78.4 Å². The third-order valence-electron chi connectivity index (χ3n) is 3.43. The molecule has 6 heteroatoms. The number of nitrogens with one attached hydrogen (secondary N) is 3. The Bertz CT molecular complexity index is 487. The monoisotopic (exact) mass is 333 g/mol. The van der Waals surface area contributed by atoms with Crippen LogP contribution < -0.4 is 16.0 Å². The van der Waals surface area contributed by atoms with Gasteiger partial charge in [0.15, 0.2) is 5.96 Å². The number of hydrogen-bond acceptors (Lipinski definition) is 3. The molecule has 0 fully saturated rings. The van der Waals surface area contributed by atoms with E-state index in [1.54, 1.807) is 24.5 Å². The zero-order valence-electron chi connectivity index (χ0n) is 15.1. The number of hydrogen-bond donors (Lipinski definition) is 3. The number of aromatic nitrogens is 1. The lowest BCUT2D eigenvalue weighted by atomic mass is 10.1. The fourth-order valence-corrected chi connectivity index (χ4v) is 2.15. The molecule has 1 amide bonds. The van der Waals surface area contributed by atoms with Gasteiger partial charge < -0.3 is 16.0 Å². The van der Waals surface area contributed by atoms with E-state index in [2.05, 4.69) is 39.8 Å². The van der Waals surface area contributed by atoms with E-state index in [4.69, 9.17) is 0 Å². The van der Waals surface area contributed by atoms with Crippen LogP contribution >= 0.6 is 0 Å². The lowest BCUT2D eigenvalue weighted by Gasteiger charge is -2.12. The third-order valence-corrected chi connectivity index (χ3v) is 3.43. The number of guanidine groups is 1. The predicted octanol–water partition coefficient (Wildman–Crippen LogP) is 2.19. The summed E-state index contributed by atoms with van der Waals surface area (Å²) in [7, 11) is 0. The summed E-state index contributed by atoms with van der Waals surface area (Å²) in [5, 5.41) is 9.32. The molecule has 134 valence electrons. The van der Waals surface area contributed by atoms with Crippen molar-refractivity contribution in [3.63, 3.8) is 0 Å². The Hall–Kier alpha value is -2.11. The number of nitrogens with zero attached hydrogens (tertiary/aromatic N) is 2. The lowest BCUT2D eigenvalue weighted by molar-refractivity contribution is 0.0954. The molecule has 0 aliphatic rings. The zero-order valence-corrected chi connectivity index (χ0v) is 15.1. The summed E-state index contributed by atoms with van der Waals surface area (Å²) < 4.78 is 0. The normalized spacial score (nSPS) is 11.4. The van der Waals surface area contributed by atoms with Crippen LogP contribution in [0.25, 0.3) is 0 Å². The molecule has 6 nitrogen and oxygen atoms in total. The number of aliphatic imine (C=N–C) groups is 1.